The van der Waals surface area contributed by atoms with Crippen LogP contribution in [0.15, 0.2) is 0 Å². The molecule has 0 bridgehead atoms. The van der Waals surface area contributed by atoms with Crippen molar-refractivity contribution < 1.29 is 19.8 Å². The number of carbonyl (C=O) groups excluding carboxylic acids is 1. The summed E-state index contributed by atoms with van der Waals surface area (Å²) in [7, 11) is 0. The maximum absolute atomic E-state index is 12.5. The minimum absolute atomic E-state index is 0.108. The van der Waals surface area contributed by atoms with Crippen molar-refractivity contribution in [2.75, 3.05) is 13.2 Å². The van der Waals surface area contributed by atoms with E-state index < -0.39 is 5.97 Å². The molecule has 1 saturated heterocycles. The first-order valence-corrected chi connectivity index (χ1v) is 7.27. The summed E-state index contributed by atoms with van der Waals surface area (Å²) in [5.74, 6) is -1.14. The van der Waals surface area contributed by atoms with E-state index in [1.807, 2.05) is 4.90 Å². The maximum Gasteiger partial charge on any atom is 0.306 e. The summed E-state index contributed by atoms with van der Waals surface area (Å²) in [5, 5.41) is 18.1. The summed E-state index contributed by atoms with van der Waals surface area (Å²) < 4.78 is 0. The molecule has 1 unspecified atom stereocenters. The van der Waals surface area contributed by atoms with Gasteiger partial charge < -0.3 is 15.1 Å². The first kappa shape index (κ1) is 14.3. The van der Waals surface area contributed by atoms with Gasteiger partial charge in [-0.2, -0.15) is 0 Å². The largest absolute Gasteiger partial charge is 0.481 e. The highest BCUT2D eigenvalue weighted by Gasteiger charge is 2.38. The van der Waals surface area contributed by atoms with Crippen molar-refractivity contribution in [3.8, 4) is 0 Å². The van der Waals surface area contributed by atoms with Crippen LogP contribution in [0.4, 0.5) is 0 Å². The molecule has 5 nitrogen and oxygen atoms in total. The van der Waals surface area contributed by atoms with Crippen LogP contribution in [0.25, 0.3) is 0 Å². The Hall–Kier alpha value is -1.10. The number of aliphatic hydroxyl groups is 1. The van der Waals surface area contributed by atoms with Gasteiger partial charge in [0, 0.05) is 25.1 Å². The predicted octanol–water partition coefficient (Wildman–Crippen LogP) is 1.25. The minimum Gasteiger partial charge on any atom is -0.481 e. The van der Waals surface area contributed by atoms with Gasteiger partial charge in [-0.25, -0.2) is 0 Å². The van der Waals surface area contributed by atoms with Gasteiger partial charge in [0.05, 0.1) is 5.92 Å². The number of hydrogen-bond acceptors (Lipinski definition) is 3. The summed E-state index contributed by atoms with van der Waals surface area (Å²) in [4.78, 5) is 25.4. The molecule has 19 heavy (non-hydrogen) atoms. The van der Waals surface area contributed by atoms with Crippen LogP contribution >= 0.6 is 0 Å². The van der Waals surface area contributed by atoms with Gasteiger partial charge in [0.2, 0.25) is 5.91 Å². The Morgan fingerprint density at radius 2 is 1.84 bits per heavy atom. The third kappa shape index (κ3) is 3.26. The highest BCUT2D eigenvalue weighted by molar-refractivity contribution is 5.81. The lowest BCUT2D eigenvalue weighted by Crippen LogP contribution is -2.46. The van der Waals surface area contributed by atoms with E-state index in [9.17, 15) is 9.59 Å². The number of carbonyl (C=O) groups is 2. The first-order chi connectivity index (χ1) is 9.13. The molecule has 0 aromatic heterocycles. The molecule has 3 atom stereocenters. The lowest BCUT2D eigenvalue weighted by Gasteiger charge is -2.37. The number of aliphatic carboxylic acids is 1. The summed E-state index contributed by atoms with van der Waals surface area (Å²) in [6, 6.07) is 0.148. The molecule has 0 aromatic carbocycles. The molecule has 2 fully saturated rings. The van der Waals surface area contributed by atoms with E-state index in [1.54, 1.807) is 0 Å². The molecular formula is C14H23NO4. The number of aliphatic hydroxyl groups excluding tert-OH is 1. The normalized spacial score (nSPS) is 31.4. The van der Waals surface area contributed by atoms with Crippen LogP contribution in [-0.4, -0.2) is 46.2 Å². The van der Waals surface area contributed by atoms with Gasteiger partial charge in [0.1, 0.15) is 0 Å². The van der Waals surface area contributed by atoms with Crippen molar-refractivity contribution in [1.29, 1.82) is 0 Å². The predicted molar refractivity (Wildman–Crippen MR) is 69.5 cm³/mol. The molecule has 1 heterocycles. The molecule has 2 aliphatic rings. The Kier molecular flexibility index (Phi) is 4.80. The van der Waals surface area contributed by atoms with Crippen LogP contribution in [0.5, 0.6) is 0 Å². The smallest absolute Gasteiger partial charge is 0.306 e. The third-order valence-electron chi connectivity index (χ3n) is 4.50. The number of likely N-dealkylation sites (tertiary alicyclic amines) is 1. The topological polar surface area (TPSA) is 77.8 Å². The Morgan fingerprint density at radius 3 is 2.47 bits per heavy atom. The van der Waals surface area contributed by atoms with Crippen LogP contribution in [-0.2, 0) is 9.59 Å². The second kappa shape index (κ2) is 6.37. The van der Waals surface area contributed by atoms with Crippen molar-refractivity contribution in [1.82, 2.24) is 4.90 Å². The number of hydrogen-bond donors (Lipinski definition) is 2. The first-order valence-electron chi connectivity index (χ1n) is 7.27. The van der Waals surface area contributed by atoms with Crippen LogP contribution < -0.4 is 0 Å². The van der Waals surface area contributed by atoms with Gasteiger partial charge in [-0.3, -0.25) is 9.59 Å². The van der Waals surface area contributed by atoms with E-state index in [-0.39, 0.29) is 30.4 Å². The highest BCUT2D eigenvalue weighted by atomic mass is 16.4. The highest BCUT2D eigenvalue weighted by Crippen LogP contribution is 2.34. The molecule has 1 aliphatic heterocycles. The van der Waals surface area contributed by atoms with Gasteiger partial charge in [-0.1, -0.05) is 0 Å². The quantitative estimate of drug-likeness (QED) is 0.805. The molecule has 0 spiro atoms. The van der Waals surface area contributed by atoms with E-state index in [4.69, 9.17) is 10.2 Å². The zero-order valence-electron chi connectivity index (χ0n) is 11.3. The average molecular weight is 269 g/mol. The monoisotopic (exact) mass is 269 g/mol. The van der Waals surface area contributed by atoms with Crippen LogP contribution in [0.2, 0.25) is 0 Å². The Balaban J connectivity index is 1.96. The number of amides is 1. The van der Waals surface area contributed by atoms with Crippen LogP contribution in [0.3, 0.4) is 0 Å². The van der Waals surface area contributed by atoms with Gasteiger partial charge in [-0.05, 0) is 44.9 Å². The fraction of sp³-hybridized carbons (Fsp3) is 0.857. The SMILES string of the molecule is O=C(O)[C@H]1CC[C@@H](C(=O)N2CCCCC2CCO)C1. The van der Waals surface area contributed by atoms with Crippen LogP contribution in [0, 0.1) is 11.8 Å². The lowest BCUT2D eigenvalue weighted by molar-refractivity contribution is -0.142. The Labute approximate surface area is 113 Å². The van der Waals surface area contributed by atoms with E-state index in [2.05, 4.69) is 0 Å². The number of piperidine rings is 1. The van der Waals surface area contributed by atoms with Crippen molar-refractivity contribution in [2.45, 2.75) is 51.0 Å². The van der Waals surface area contributed by atoms with Crippen molar-refractivity contribution in [2.24, 2.45) is 11.8 Å². The molecule has 0 aromatic rings. The lowest BCUT2D eigenvalue weighted by atomic mass is 9.96. The van der Waals surface area contributed by atoms with Crippen molar-refractivity contribution in [3.63, 3.8) is 0 Å². The van der Waals surface area contributed by atoms with Crippen molar-refractivity contribution in [3.05, 3.63) is 0 Å². The summed E-state index contributed by atoms with van der Waals surface area (Å²) in [6.45, 7) is 0.870. The van der Waals surface area contributed by atoms with E-state index in [0.29, 0.717) is 25.7 Å². The zero-order chi connectivity index (χ0) is 13.8. The molecule has 2 N–H and O–H groups in total. The standard InChI is InChI=1S/C14H23NO4/c16-8-6-12-3-1-2-7-15(12)13(17)10-4-5-11(9-10)14(18)19/h10-12,16H,1-9H2,(H,18,19)/t10-,11+,12?/m1/s1. The average Bonchev–Trinajstić information content (AvgIpc) is 2.89. The molecule has 1 amide bonds. The molecule has 108 valence electrons. The fourth-order valence-corrected chi connectivity index (χ4v) is 3.40. The van der Waals surface area contributed by atoms with Gasteiger partial charge in [-0.15, -0.1) is 0 Å². The molecule has 0 radical (unpaired) electrons. The number of carboxylic acid groups (broad SMARTS) is 1. The zero-order valence-corrected chi connectivity index (χ0v) is 11.3. The summed E-state index contributed by atoms with van der Waals surface area (Å²) in [5.41, 5.74) is 0. The second-order valence-electron chi connectivity index (χ2n) is 5.74. The molecule has 1 saturated carbocycles. The second-order valence-corrected chi connectivity index (χ2v) is 5.74. The summed E-state index contributed by atoms with van der Waals surface area (Å²) >= 11 is 0. The van der Waals surface area contributed by atoms with Gasteiger partial charge in [0.15, 0.2) is 0 Å². The summed E-state index contributed by atoms with van der Waals surface area (Å²) in [6.07, 6.45) is 5.51. The van der Waals surface area contributed by atoms with E-state index in [0.717, 1.165) is 25.8 Å². The van der Waals surface area contributed by atoms with Gasteiger partial charge in [0.25, 0.3) is 0 Å². The van der Waals surface area contributed by atoms with Crippen LogP contribution in [0.1, 0.15) is 44.9 Å². The Bertz CT molecular complexity index is 342. The van der Waals surface area contributed by atoms with E-state index in [1.165, 1.54) is 0 Å². The van der Waals surface area contributed by atoms with Crippen molar-refractivity contribution >= 4 is 11.9 Å². The fourth-order valence-electron chi connectivity index (χ4n) is 3.40. The van der Waals surface area contributed by atoms with Gasteiger partial charge >= 0.3 is 5.97 Å². The minimum atomic E-state index is -0.777. The number of nitrogens with zero attached hydrogens (tertiary/aromatic N) is 1. The molecule has 5 heteroatoms. The molecular weight excluding hydrogens is 246 g/mol. The maximum atomic E-state index is 12.5. The number of carboxylic acids is 1. The molecule has 1 aliphatic carbocycles. The molecule has 2 rings (SSSR count). The third-order valence-corrected chi connectivity index (χ3v) is 4.50. The van der Waals surface area contributed by atoms with E-state index >= 15 is 0 Å². The Morgan fingerprint density at radius 1 is 1.11 bits per heavy atom. The number of rotatable bonds is 4.